The standard InChI is InChI=1S/C15H18N4O2S.ClH/c1-19(9-11-5-3-2-4-6-11)14(20)8-17-15(21)12-10-22-13(7-16)18-12;/h2-6,10H,7-9,16H2,1H3,(H,17,21);1H. The van der Waals surface area contributed by atoms with Gasteiger partial charge in [-0.05, 0) is 5.56 Å². The molecule has 0 saturated heterocycles. The number of hydrogen-bond acceptors (Lipinski definition) is 5. The maximum absolute atomic E-state index is 12.0. The first-order chi connectivity index (χ1) is 10.6. The lowest BCUT2D eigenvalue weighted by molar-refractivity contribution is -0.129. The number of benzene rings is 1. The molecule has 0 bridgehead atoms. The van der Waals surface area contributed by atoms with Crippen molar-refractivity contribution in [1.82, 2.24) is 15.2 Å². The number of halogens is 1. The highest BCUT2D eigenvalue weighted by atomic mass is 35.5. The van der Waals surface area contributed by atoms with E-state index in [0.717, 1.165) is 5.56 Å². The van der Waals surface area contributed by atoms with Crippen LogP contribution in [0.1, 0.15) is 21.1 Å². The monoisotopic (exact) mass is 354 g/mol. The van der Waals surface area contributed by atoms with E-state index in [4.69, 9.17) is 5.73 Å². The van der Waals surface area contributed by atoms with Crippen LogP contribution in [0.25, 0.3) is 0 Å². The molecule has 2 amide bonds. The second kappa shape index (κ2) is 9.24. The third-order valence-corrected chi connectivity index (χ3v) is 3.92. The van der Waals surface area contributed by atoms with Crippen LogP contribution in [0.2, 0.25) is 0 Å². The van der Waals surface area contributed by atoms with E-state index in [9.17, 15) is 9.59 Å². The molecule has 0 aliphatic rings. The van der Waals surface area contributed by atoms with Crippen LogP contribution in [0.4, 0.5) is 0 Å². The molecule has 0 atom stereocenters. The van der Waals surface area contributed by atoms with Crippen molar-refractivity contribution >= 4 is 35.6 Å². The van der Waals surface area contributed by atoms with Gasteiger partial charge in [0.25, 0.3) is 5.91 Å². The van der Waals surface area contributed by atoms with Crippen LogP contribution >= 0.6 is 23.7 Å². The van der Waals surface area contributed by atoms with Gasteiger partial charge in [-0.2, -0.15) is 0 Å². The fraction of sp³-hybridized carbons (Fsp3) is 0.267. The third kappa shape index (κ3) is 5.63. The summed E-state index contributed by atoms with van der Waals surface area (Å²) in [7, 11) is 1.71. The van der Waals surface area contributed by atoms with Gasteiger partial charge in [-0.15, -0.1) is 23.7 Å². The summed E-state index contributed by atoms with van der Waals surface area (Å²) in [5.74, 6) is -0.524. The molecule has 0 radical (unpaired) electrons. The highest BCUT2D eigenvalue weighted by Gasteiger charge is 2.14. The Morgan fingerprint density at radius 2 is 2.00 bits per heavy atom. The second-order valence-electron chi connectivity index (χ2n) is 4.75. The van der Waals surface area contributed by atoms with Crippen LogP contribution in [0.15, 0.2) is 35.7 Å². The lowest BCUT2D eigenvalue weighted by atomic mass is 10.2. The molecule has 124 valence electrons. The van der Waals surface area contributed by atoms with Gasteiger partial charge in [0.05, 0.1) is 6.54 Å². The summed E-state index contributed by atoms with van der Waals surface area (Å²) in [5.41, 5.74) is 6.79. The van der Waals surface area contributed by atoms with Crippen molar-refractivity contribution in [1.29, 1.82) is 0 Å². The van der Waals surface area contributed by atoms with Gasteiger partial charge in [0.1, 0.15) is 10.7 Å². The number of aromatic nitrogens is 1. The molecule has 1 aromatic carbocycles. The number of rotatable bonds is 6. The number of hydrogen-bond donors (Lipinski definition) is 2. The van der Waals surface area contributed by atoms with Crippen molar-refractivity contribution < 1.29 is 9.59 Å². The zero-order chi connectivity index (χ0) is 15.9. The van der Waals surface area contributed by atoms with Crippen molar-refractivity contribution in [3.63, 3.8) is 0 Å². The van der Waals surface area contributed by atoms with E-state index in [-0.39, 0.29) is 30.8 Å². The Morgan fingerprint density at radius 3 is 2.61 bits per heavy atom. The van der Waals surface area contributed by atoms with E-state index in [1.807, 2.05) is 30.3 Å². The van der Waals surface area contributed by atoms with E-state index in [1.54, 1.807) is 17.3 Å². The van der Waals surface area contributed by atoms with Gasteiger partial charge in [-0.25, -0.2) is 4.98 Å². The van der Waals surface area contributed by atoms with Gasteiger partial charge in [-0.1, -0.05) is 30.3 Å². The zero-order valence-electron chi connectivity index (χ0n) is 12.7. The van der Waals surface area contributed by atoms with E-state index in [2.05, 4.69) is 10.3 Å². The second-order valence-corrected chi connectivity index (χ2v) is 5.69. The quantitative estimate of drug-likeness (QED) is 0.821. The predicted molar refractivity (Wildman–Crippen MR) is 92.5 cm³/mol. The first kappa shape index (κ1) is 19.1. The summed E-state index contributed by atoms with van der Waals surface area (Å²) in [4.78, 5) is 29.5. The average molecular weight is 355 g/mol. The van der Waals surface area contributed by atoms with Crippen molar-refractivity contribution in [3.8, 4) is 0 Å². The molecule has 0 unspecified atom stereocenters. The first-order valence-corrected chi connectivity index (χ1v) is 7.68. The van der Waals surface area contributed by atoms with Crippen molar-refractivity contribution in [3.05, 3.63) is 52.0 Å². The fourth-order valence-electron chi connectivity index (χ4n) is 1.84. The molecule has 23 heavy (non-hydrogen) atoms. The molecule has 8 heteroatoms. The number of carbonyl (C=O) groups is 2. The fourth-order valence-corrected chi connectivity index (χ4v) is 2.49. The van der Waals surface area contributed by atoms with Crippen molar-refractivity contribution in [2.24, 2.45) is 5.73 Å². The van der Waals surface area contributed by atoms with Gasteiger partial charge in [0, 0.05) is 25.5 Å². The van der Waals surface area contributed by atoms with Crippen LogP contribution in [0.3, 0.4) is 0 Å². The Hall–Kier alpha value is -1.96. The zero-order valence-corrected chi connectivity index (χ0v) is 14.3. The number of likely N-dealkylation sites (N-methyl/N-ethyl adjacent to an activating group) is 1. The third-order valence-electron chi connectivity index (χ3n) is 3.05. The van der Waals surface area contributed by atoms with Crippen LogP contribution in [0, 0.1) is 0 Å². The molecule has 0 aliphatic heterocycles. The van der Waals surface area contributed by atoms with Crippen LogP contribution < -0.4 is 11.1 Å². The minimum atomic E-state index is -0.364. The van der Waals surface area contributed by atoms with Gasteiger partial charge in [-0.3, -0.25) is 9.59 Å². The normalized spacial score (nSPS) is 9.83. The number of thiazole rings is 1. The Bertz CT molecular complexity index is 648. The van der Waals surface area contributed by atoms with Gasteiger partial charge in [0.2, 0.25) is 5.91 Å². The number of nitrogens with one attached hydrogen (secondary N) is 1. The molecule has 6 nitrogen and oxygen atoms in total. The SMILES string of the molecule is CN(Cc1ccccc1)C(=O)CNC(=O)c1csc(CN)n1.Cl. The van der Waals surface area contributed by atoms with Gasteiger partial charge < -0.3 is 16.0 Å². The topological polar surface area (TPSA) is 88.3 Å². The van der Waals surface area contributed by atoms with Crippen molar-refractivity contribution in [2.75, 3.05) is 13.6 Å². The van der Waals surface area contributed by atoms with Crippen LogP contribution in [0.5, 0.6) is 0 Å². The number of carbonyl (C=O) groups excluding carboxylic acids is 2. The molecule has 0 aliphatic carbocycles. The number of nitrogens with zero attached hydrogens (tertiary/aromatic N) is 2. The highest BCUT2D eigenvalue weighted by molar-refractivity contribution is 7.09. The summed E-state index contributed by atoms with van der Waals surface area (Å²) in [5, 5.41) is 4.90. The van der Waals surface area contributed by atoms with Gasteiger partial charge >= 0.3 is 0 Å². The van der Waals surface area contributed by atoms with E-state index < -0.39 is 0 Å². The van der Waals surface area contributed by atoms with E-state index in [1.165, 1.54) is 11.3 Å². The molecule has 2 aromatic rings. The molecule has 1 heterocycles. The molecule has 0 spiro atoms. The number of amides is 2. The molecule has 1 aromatic heterocycles. The smallest absolute Gasteiger partial charge is 0.271 e. The summed E-state index contributed by atoms with van der Waals surface area (Å²) in [6.45, 7) is 0.748. The Labute approximate surface area is 145 Å². The molecular weight excluding hydrogens is 336 g/mol. The lowest BCUT2D eigenvalue weighted by Gasteiger charge is -2.17. The Balaban J connectivity index is 0.00000264. The summed E-state index contributed by atoms with van der Waals surface area (Å²) >= 11 is 1.33. The van der Waals surface area contributed by atoms with E-state index in [0.29, 0.717) is 23.8 Å². The van der Waals surface area contributed by atoms with Crippen LogP contribution in [-0.2, 0) is 17.9 Å². The van der Waals surface area contributed by atoms with Crippen LogP contribution in [-0.4, -0.2) is 35.3 Å². The highest BCUT2D eigenvalue weighted by Crippen LogP contribution is 2.08. The van der Waals surface area contributed by atoms with Gasteiger partial charge in [0.15, 0.2) is 0 Å². The predicted octanol–water partition coefficient (Wildman–Crippen LogP) is 1.41. The largest absolute Gasteiger partial charge is 0.342 e. The summed E-state index contributed by atoms with van der Waals surface area (Å²) in [6, 6.07) is 9.67. The molecule has 3 N–H and O–H groups in total. The maximum atomic E-state index is 12.0. The Kier molecular flexibility index (Phi) is 7.67. The average Bonchev–Trinajstić information content (AvgIpc) is 3.02. The molecule has 2 rings (SSSR count). The maximum Gasteiger partial charge on any atom is 0.271 e. The van der Waals surface area contributed by atoms with E-state index >= 15 is 0 Å². The minimum absolute atomic E-state index is 0. The lowest BCUT2D eigenvalue weighted by Crippen LogP contribution is -2.37. The summed E-state index contributed by atoms with van der Waals surface area (Å²) < 4.78 is 0. The molecular formula is C15H19ClN4O2S. The summed E-state index contributed by atoms with van der Waals surface area (Å²) in [6.07, 6.45) is 0. The minimum Gasteiger partial charge on any atom is -0.342 e. The van der Waals surface area contributed by atoms with Crippen molar-refractivity contribution in [2.45, 2.75) is 13.1 Å². The molecule has 0 fully saturated rings. The number of nitrogens with two attached hydrogens (primary N) is 1. The Morgan fingerprint density at radius 1 is 1.30 bits per heavy atom. The molecule has 0 saturated carbocycles. The first-order valence-electron chi connectivity index (χ1n) is 6.80.